The van der Waals surface area contributed by atoms with Crippen LogP contribution < -0.4 is 10.2 Å². The third-order valence-electron chi connectivity index (χ3n) is 7.91. The van der Waals surface area contributed by atoms with E-state index in [4.69, 9.17) is 19.6 Å². The van der Waals surface area contributed by atoms with Crippen LogP contribution in [-0.2, 0) is 9.53 Å². The van der Waals surface area contributed by atoms with E-state index in [0.29, 0.717) is 36.5 Å². The fourth-order valence-electron chi connectivity index (χ4n) is 5.43. The number of aliphatic hydroxyl groups excluding tert-OH is 5. The normalized spacial score (nSPS) is 24.4. The molecule has 47 heavy (non-hydrogen) atoms. The van der Waals surface area contributed by atoms with Gasteiger partial charge >= 0.3 is 12.1 Å². The van der Waals surface area contributed by atoms with E-state index in [1.165, 1.54) is 15.8 Å². The summed E-state index contributed by atoms with van der Waals surface area (Å²) in [5.41, 5.74) is 2.92. The molecular weight excluding hydrogens is 629 g/mol. The van der Waals surface area contributed by atoms with Crippen LogP contribution in [0.5, 0.6) is 0 Å². The lowest BCUT2D eigenvalue weighted by atomic mass is 9.91. The Kier molecular flexibility index (Phi) is 10.2. The fraction of sp³-hybridized carbons (Fsp3) is 0.400. The molecule has 2 aliphatic rings. The summed E-state index contributed by atoms with van der Waals surface area (Å²) in [6.45, 7) is 0.337. The van der Waals surface area contributed by atoms with Gasteiger partial charge in [-0.1, -0.05) is 60.7 Å². The Morgan fingerprint density at radius 2 is 1.57 bits per heavy atom. The average molecular weight is 663 g/mol. The number of nitrogens with one attached hydrogen (secondary N) is 1. The molecular formula is C30H33F3N6O8. The maximum Gasteiger partial charge on any atom is 0.490 e. The summed E-state index contributed by atoms with van der Waals surface area (Å²) in [7, 11) is 0. The number of carbonyl (C=O) groups is 1. The van der Waals surface area contributed by atoms with Gasteiger partial charge in [0.1, 0.15) is 24.4 Å². The first-order chi connectivity index (χ1) is 22.4. The zero-order valence-electron chi connectivity index (χ0n) is 24.6. The first-order valence-corrected chi connectivity index (χ1v) is 14.5. The van der Waals surface area contributed by atoms with Crippen molar-refractivity contribution in [3.8, 4) is 0 Å². The summed E-state index contributed by atoms with van der Waals surface area (Å²) < 4.78 is 39.0. The van der Waals surface area contributed by atoms with Crippen molar-refractivity contribution in [1.29, 1.82) is 0 Å². The van der Waals surface area contributed by atoms with E-state index in [2.05, 4.69) is 39.6 Å². The predicted molar refractivity (Wildman–Crippen MR) is 159 cm³/mol. The van der Waals surface area contributed by atoms with Gasteiger partial charge in [-0.15, -0.1) is 0 Å². The number of anilines is 2. The molecule has 2 aromatic carbocycles. The van der Waals surface area contributed by atoms with Crippen LogP contribution in [0.4, 0.5) is 24.9 Å². The number of carboxylic acid groups (broad SMARTS) is 1. The number of alkyl halides is 3. The lowest BCUT2D eigenvalue weighted by Crippen LogP contribution is -2.36. The Morgan fingerprint density at radius 3 is 2.06 bits per heavy atom. The van der Waals surface area contributed by atoms with Crippen molar-refractivity contribution in [2.24, 2.45) is 0 Å². The number of hydrogen-bond donors (Lipinski definition) is 7. The molecule has 6 rings (SSSR count). The number of rotatable bonds is 8. The van der Waals surface area contributed by atoms with E-state index in [0.717, 1.165) is 11.1 Å². The quantitative estimate of drug-likeness (QED) is 0.142. The number of hydrogen-bond acceptors (Lipinski definition) is 12. The molecule has 1 unspecified atom stereocenters. The highest BCUT2D eigenvalue weighted by molar-refractivity contribution is 5.84. The Hall–Kier alpha value is -4.39. The Balaban J connectivity index is 0.000000559. The maximum atomic E-state index is 10.7. The third-order valence-corrected chi connectivity index (χ3v) is 7.91. The van der Waals surface area contributed by atoms with Gasteiger partial charge in [-0.3, -0.25) is 4.57 Å². The Labute approximate surface area is 265 Å². The zero-order chi connectivity index (χ0) is 33.9. The molecule has 6 atom stereocenters. The third kappa shape index (κ3) is 7.29. The molecule has 0 aliphatic carbocycles. The van der Waals surface area contributed by atoms with Gasteiger partial charge in [-0.25, -0.2) is 9.78 Å². The molecule has 252 valence electrons. The van der Waals surface area contributed by atoms with E-state index in [9.17, 15) is 38.7 Å². The number of aliphatic hydroxyl groups is 5. The number of aromatic nitrogens is 4. The van der Waals surface area contributed by atoms with Gasteiger partial charge in [0.15, 0.2) is 29.4 Å². The lowest BCUT2D eigenvalue weighted by molar-refractivity contribution is -0.192. The number of aliphatic carboxylic acids is 1. The van der Waals surface area contributed by atoms with Crippen LogP contribution in [0.3, 0.4) is 0 Å². The molecule has 0 spiro atoms. The van der Waals surface area contributed by atoms with Crippen molar-refractivity contribution in [1.82, 2.24) is 19.5 Å². The van der Waals surface area contributed by atoms with Crippen molar-refractivity contribution < 1.29 is 53.3 Å². The number of fused-ring (bicyclic) bond motifs is 1. The molecule has 7 N–H and O–H groups in total. The minimum atomic E-state index is -5.08. The monoisotopic (exact) mass is 662 g/mol. The standard InChI is InChI=1S/C28H32N6O6.C2HF3O2/c35-14-20-22(37)23(38)27(40-20)34-15-30-21-24(31-28(32-25(21)34)33-12-11-19(36)26(33)39)29-13-18(16-7-3-1-4-8-16)17-9-5-2-6-10-17;3-2(4,5)1(6)7/h1-10,15,18-20,22-23,26-27,35-39H,11-14H2,(H,29,31,32);(H,6,7)/t19-,20+,22+,23+,26?,27+;/m0./s1. The maximum absolute atomic E-state index is 10.7. The van der Waals surface area contributed by atoms with Crippen LogP contribution in [0.2, 0.25) is 0 Å². The predicted octanol–water partition coefficient (Wildman–Crippen LogP) is 1.20. The number of imidazole rings is 1. The van der Waals surface area contributed by atoms with E-state index in [1.54, 1.807) is 0 Å². The summed E-state index contributed by atoms with van der Waals surface area (Å²) >= 11 is 0. The summed E-state index contributed by atoms with van der Waals surface area (Å²) in [4.78, 5) is 24.2. The molecule has 4 heterocycles. The number of halogens is 3. The van der Waals surface area contributed by atoms with Crippen LogP contribution in [0.25, 0.3) is 11.2 Å². The average Bonchev–Trinajstić information content (AvgIpc) is 3.72. The second-order valence-corrected chi connectivity index (χ2v) is 10.9. The Bertz CT molecular complexity index is 1610. The fourth-order valence-corrected chi connectivity index (χ4v) is 5.43. The van der Waals surface area contributed by atoms with Gasteiger partial charge in [0.2, 0.25) is 5.95 Å². The summed E-state index contributed by atoms with van der Waals surface area (Å²) in [5, 5.41) is 61.9. The first kappa shape index (κ1) is 34.0. The molecule has 2 fully saturated rings. The zero-order valence-corrected chi connectivity index (χ0v) is 24.6. The summed E-state index contributed by atoms with van der Waals surface area (Å²) in [5.74, 6) is -2.20. The van der Waals surface area contributed by atoms with Crippen LogP contribution in [0.1, 0.15) is 29.7 Å². The van der Waals surface area contributed by atoms with Gasteiger partial charge in [0.05, 0.1) is 12.9 Å². The van der Waals surface area contributed by atoms with Crippen LogP contribution in [0.15, 0.2) is 67.0 Å². The topological polar surface area (TPSA) is 207 Å². The second-order valence-electron chi connectivity index (χ2n) is 10.9. The Morgan fingerprint density at radius 1 is 0.979 bits per heavy atom. The first-order valence-electron chi connectivity index (χ1n) is 14.5. The number of ether oxygens (including phenoxy) is 1. The highest BCUT2D eigenvalue weighted by Gasteiger charge is 2.44. The SMILES string of the molecule is O=C(O)C(F)(F)F.OC[C@H]1O[C@@H](n2cnc3c(NCC(c4ccccc4)c4ccccc4)nc(N4CC[C@H](O)C4O)nc32)[C@H](O)[C@@H]1O. The minimum Gasteiger partial charge on any atom is -0.475 e. The van der Waals surface area contributed by atoms with E-state index in [1.807, 2.05) is 36.4 Å². The molecule has 14 nitrogen and oxygen atoms in total. The van der Waals surface area contributed by atoms with Gasteiger partial charge in [0.25, 0.3) is 0 Å². The number of nitrogens with zero attached hydrogens (tertiary/aromatic N) is 5. The molecule has 17 heteroatoms. The van der Waals surface area contributed by atoms with E-state index in [-0.39, 0.29) is 11.9 Å². The van der Waals surface area contributed by atoms with Crippen molar-refractivity contribution in [3.63, 3.8) is 0 Å². The summed E-state index contributed by atoms with van der Waals surface area (Å²) in [6.07, 6.45) is -10.1. The van der Waals surface area contributed by atoms with Crippen LogP contribution >= 0.6 is 0 Å². The molecule has 4 aromatic rings. The van der Waals surface area contributed by atoms with Crippen molar-refractivity contribution in [2.45, 2.75) is 55.4 Å². The summed E-state index contributed by atoms with van der Waals surface area (Å²) in [6, 6.07) is 20.2. The van der Waals surface area contributed by atoms with Crippen LogP contribution in [0, 0.1) is 0 Å². The second kappa shape index (κ2) is 14.2. The van der Waals surface area contributed by atoms with Crippen molar-refractivity contribution in [2.75, 3.05) is 29.9 Å². The molecule has 0 amide bonds. The van der Waals surface area contributed by atoms with Gasteiger partial charge < -0.3 is 45.6 Å². The lowest BCUT2D eigenvalue weighted by Gasteiger charge is -2.24. The minimum absolute atomic E-state index is 0.0161. The van der Waals surface area contributed by atoms with Crippen LogP contribution in [-0.4, -0.2) is 113 Å². The number of benzene rings is 2. The molecule has 2 aromatic heterocycles. The van der Waals surface area contributed by atoms with Crippen molar-refractivity contribution in [3.05, 3.63) is 78.1 Å². The molecule has 2 saturated heterocycles. The largest absolute Gasteiger partial charge is 0.490 e. The molecule has 0 radical (unpaired) electrons. The highest BCUT2D eigenvalue weighted by atomic mass is 19.4. The molecule has 2 aliphatic heterocycles. The molecule has 0 bridgehead atoms. The van der Waals surface area contributed by atoms with E-state index < -0.39 is 55.6 Å². The smallest absolute Gasteiger partial charge is 0.475 e. The number of carboxylic acids is 1. The van der Waals surface area contributed by atoms with E-state index >= 15 is 0 Å². The van der Waals surface area contributed by atoms with Gasteiger partial charge in [-0.05, 0) is 17.5 Å². The van der Waals surface area contributed by atoms with Gasteiger partial charge in [-0.2, -0.15) is 23.1 Å². The van der Waals surface area contributed by atoms with Crippen molar-refractivity contribution >= 4 is 28.9 Å². The van der Waals surface area contributed by atoms with Gasteiger partial charge in [0, 0.05) is 19.0 Å². The molecule has 0 saturated carbocycles. The highest BCUT2D eigenvalue weighted by Crippen LogP contribution is 2.34.